The third kappa shape index (κ3) is 3.70. The fourth-order valence-electron chi connectivity index (χ4n) is 2.19. The predicted molar refractivity (Wildman–Crippen MR) is 89.8 cm³/mol. The summed E-state index contributed by atoms with van der Waals surface area (Å²) in [6.07, 6.45) is 1.99. The predicted octanol–water partition coefficient (Wildman–Crippen LogP) is 3.69. The number of hydrogen-bond donors (Lipinski definition) is 0. The van der Waals surface area contributed by atoms with E-state index in [2.05, 4.69) is 10.2 Å². The molecule has 1 saturated carbocycles. The van der Waals surface area contributed by atoms with Crippen molar-refractivity contribution in [2.75, 3.05) is 0 Å². The zero-order valence-electron chi connectivity index (χ0n) is 13.3. The highest BCUT2D eigenvalue weighted by molar-refractivity contribution is 8.13. The van der Waals surface area contributed by atoms with Crippen LogP contribution in [0.25, 0.3) is 0 Å². The molecule has 5 nitrogen and oxygen atoms in total. The summed E-state index contributed by atoms with van der Waals surface area (Å²) in [5, 5.41) is 9.75. The molecule has 1 heterocycles. The number of ether oxygens (including phenoxy) is 1. The maximum absolute atomic E-state index is 11.9. The van der Waals surface area contributed by atoms with E-state index in [9.17, 15) is 4.79 Å². The molecule has 1 aliphatic carbocycles. The number of aromatic nitrogens is 3. The Labute approximate surface area is 144 Å². The molecule has 23 heavy (non-hydrogen) atoms. The molecule has 7 heteroatoms. The van der Waals surface area contributed by atoms with Crippen LogP contribution in [0.4, 0.5) is 0 Å². The van der Waals surface area contributed by atoms with Crippen molar-refractivity contribution in [3.05, 3.63) is 34.1 Å². The number of carbonyl (C=O) groups is 1. The van der Waals surface area contributed by atoms with Crippen molar-refractivity contribution < 1.29 is 9.53 Å². The summed E-state index contributed by atoms with van der Waals surface area (Å²) in [7, 11) is 1.85. The Bertz CT molecular complexity index is 733. The number of halogens is 1. The normalized spacial score (nSPS) is 14.1. The smallest absolute Gasteiger partial charge is 0.199 e. The minimum atomic E-state index is 0.178. The van der Waals surface area contributed by atoms with Gasteiger partial charge in [0.2, 0.25) is 0 Å². The first kappa shape index (κ1) is 16.3. The first-order valence-corrected chi connectivity index (χ1v) is 8.64. The van der Waals surface area contributed by atoms with E-state index < -0.39 is 0 Å². The van der Waals surface area contributed by atoms with Gasteiger partial charge in [-0.3, -0.25) is 4.79 Å². The third-order valence-electron chi connectivity index (χ3n) is 3.81. The molecule has 0 N–H and O–H groups in total. The van der Waals surface area contributed by atoms with Crippen LogP contribution in [-0.4, -0.2) is 19.9 Å². The van der Waals surface area contributed by atoms with Crippen LogP contribution in [0.15, 0.2) is 17.3 Å². The molecule has 0 bridgehead atoms. The van der Waals surface area contributed by atoms with Gasteiger partial charge in [0.05, 0.1) is 0 Å². The van der Waals surface area contributed by atoms with Crippen LogP contribution >= 0.6 is 23.4 Å². The lowest BCUT2D eigenvalue weighted by Gasteiger charge is -2.10. The Morgan fingerprint density at radius 1 is 1.35 bits per heavy atom. The largest absolute Gasteiger partial charge is 0.486 e. The molecular weight excluding hydrogens is 334 g/mol. The first-order valence-electron chi connectivity index (χ1n) is 7.45. The molecule has 1 aliphatic rings. The topological polar surface area (TPSA) is 57.0 Å². The highest BCUT2D eigenvalue weighted by Crippen LogP contribution is 2.36. The quantitative estimate of drug-likeness (QED) is 0.769. The van der Waals surface area contributed by atoms with E-state index >= 15 is 0 Å². The van der Waals surface area contributed by atoms with E-state index in [0.29, 0.717) is 17.6 Å². The lowest BCUT2D eigenvalue weighted by molar-refractivity contribution is -0.112. The molecule has 3 rings (SSSR count). The SMILES string of the molecule is Cc1cc(OCc2nnc(SC(=O)C3CC3)n2C)cc(C)c1Cl. The third-order valence-corrected chi connectivity index (χ3v) is 5.47. The summed E-state index contributed by atoms with van der Waals surface area (Å²) < 4.78 is 7.60. The van der Waals surface area contributed by atoms with Crippen molar-refractivity contribution >= 4 is 28.5 Å². The van der Waals surface area contributed by atoms with Gasteiger partial charge in [-0.1, -0.05) is 11.6 Å². The van der Waals surface area contributed by atoms with Crippen molar-refractivity contribution in [1.82, 2.24) is 14.8 Å². The lowest BCUT2D eigenvalue weighted by atomic mass is 10.1. The number of aryl methyl sites for hydroxylation is 2. The van der Waals surface area contributed by atoms with Gasteiger partial charge < -0.3 is 9.30 Å². The monoisotopic (exact) mass is 351 g/mol. The van der Waals surface area contributed by atoms with Gasteiger partial charge in [0.25, 0.3) is 0 Å². The fourth-order valence-corrected chi connectivity index (χ4v) is 3.20. The average Bonchev–Trinajstić information content (AvgIpc) is 3.30. The van der Waals surface area contributed by atoms with Crippen LogP contribution in [0.1, 0.15) is 29.8 Å². The van der Waals surface area contributed by atoms with Crippen molar-refractivity contribution in [3.63, 3.8) is 0 Å². The Balaban J connectivity index is 1.66. The second-order valence-electron chi connectivity index (χ2n) is 5.81. The van der Waals surface area contributed by atoms with Crippen LogP contribution in [0, 0.1) is 19.8 Å². The van der Waals surface area contributed by atoms with Crippen LogP contribution in [-0.2, 0) is 18.4 Å². The van der Waals surface area contributed by atoms with Gasteiger partial charge in [0, 0.05) is 18.0 Å². The van der Waals surface area contributed by atoms with Crippen molar-refractivity contribution in [3.8, 4) is 5.75 Å². The van der Waals surface area contributed by atoms with E-state index in [-0.39, 0.29) is 11.0 Å². The Kier molecular flexibility index (Phi) is 4.64. The molecule has 1 fully saturated rings. The second-order valence-corrected chi connectivity index (χ2v) is 7.16. The van der Waals surface area contributed by atoms with Gasteiger partial charge in [-0.2, -0.15) is 0 Å². The number of rotatable bonds is 5. The second kappa shape index (κ2) is 6.53. The minimum Gasteiger partial charge on any atom is -0.486 e. The van der Waals surface area contributed by atoms with Crippen LogP contribution in [0.3, 0.4) is 0 Å². The molecular formula is C16H18ClN3O2S. The summed E-state index contributed by atoms with van der Waals surface area (Å²) in [6, 6.07) is 3.80. The van der Waals surface area contributed by atoms with Crippen molar-refractivity contribution in [2.45, 2.75) is 38.5 Å². The molecule has 2 aromatic rings. The van der Waals surface area contributed by atoms with Crippen molar-refractivity contribution in [2.24, 2.45) is 13.0 Å². The summed E-state index contributed by atoms with van der Waals surface area (Å²) >= 11 is 7.33. The van der Waals surface area contributed by atoms with E-state index in [1.165, 1.54) is 11.8 Å². The molecule has 0 unspecified atom stereocenters. The first-order chi connectivity index (χ1) is 11.0. The van der Waals surface area contributed by atoms with Gasteiger partial charge in [-0.15, -0.1) is 10.2 Å². The molecule has 0 amide bonds. The number of carbonyl (C=O) groups excluding carboxylic acids is 1. The van der Waals surface area contributed by atoms with Gasteiger partial charge in [-0.05, 0) is 61.7 Å². The maximum Gasteiger partial charge on any atom is 0.199 e. The van der Waals surface area contributed by atoms with E-state index in [0.717, 1.165) is 34.7 Å². The molecule has 1 aromatic heterocycles. The van der Waals surface area contributed by atoms with Crippen LogP contribution < -0.4 is 4.74 Å². The molecule has 0 saturated heterocycles. The Morgan fingerprint density at radius 3 is 2.61 bits per heavy atom. The summed E-state index contributed by atoms with van der Waals surface area (Å²) in [5.74, 6) is 1.63. The van der Waals surface area contributed by atoms with Crippen molar-refractivity contribution in [1.29, 1.82) is 0 Å². The van der Waals surface area contributed by atoms with Gasteiger partial charge in [-0.25, -0.2) is 0 Å². The van der Waals surface area contributed by atoms with Gasteiger partial charge in [0.15, 0.2) is 16.1 Å². The number of nitrogens with zero attached hydrogens (tertiary/aromatic N) is 3. The molecule has 0 aliphatic heterocycles. The number of thioether (sulfide) groups is 1. The number of benzene rings is 1. The van der Waals surface area contributed by atoms with Crippen LogP contribution in [0.5, 0.6) is 5.75 Å². The zero-order valence-corrected chi connectivity index (χ0v) is 14.9. The highest BCUT2D eigenvalue weighted by atomic mass is 35.5. The lowest BCUT2D eigenvalue weighted by Crippen LogP contribution is -2.05. The van der Waals surface area contributed by atoms with E-state index in [1.807, 2.05) is 33.0 Å². The number of hydrogen-bond acceptors (Lipinski definition) is 5. The molecule has 0 radical (unpaired) electrons. The highest BCUT2D eigenvalue weighted by Gasteiger charge is 2.31. The average molecular weight is 352 g/mol. The molecule has 122 valence electrons. The minimum absolute atomic E-state index is 0.178. The van der Waals surface area contributed by atoms with Gasteiger partial charge in [0.1, 0.15) is 12.4 Å². The van der Waals surface area contributed by atoms with Gasteiger partial charge >= 0.3 is 0 Å². The Morgan fingerprint density at radius 2 is 2.00 bits per heavy atom. The summed E-state index contributed by atoms with van der Waals surface area (Å²) in [5.41, 5.74) is 1.96. The Hall–Kier alpha value is -1.53. The van der Waals surface area contributed by atoms with E-state index in [1.54, 1.807) is 4.57 Å². The zero-order chi connectivity index (χ0) is 16.6. The summed E-state index contributed by atoms with van der Waals surface area (Å²) in [6.45, 7) is 4.19. The standard InChI is InChI=1S/C16H18ClN3O2S/c1-9-6-12(7-10(2)14(9)17)22-8-13-18-19-16(20(13)3)23-15(21)11-4-5-11/h6-7,11H,4-5,8H2,1-3H3. The van der Waals surface area contributed by atoms with E-state index in [4.69, 9.17) is 16.3 Å². The molecule has 0 spiro atoms. The molecule has 1 aromatic carbocycles. The summed E-state index contributed by atoms with van der Waals surface area (Å²) in [4.78, 5) is 11.9. The maximum atomic E-state index is 11.9. The van der Waals surface area contributed by atoms with Crippen LogP contribution in [0.2, 0.25) is 5.02 Å². The molecule has 0 atom stereocenters. The fraction of sp³-hybridized carbons (Fsp3) is 0.438.